The molecular weight excluding hydrogens is 320 g/mol. The zero-order valence-electron chi connectivity index (χ0n) is 13.5. The highest BCUT2D eigenvalue weighted by Crippen LogP contribution is 2.38. The second kappa shape index (κ2) is 8.08. The number of nitrogens with zero attached hydrogens (tertiary/aromatic N) is 1. The van der Waals surface area contributed by atoms with Gasteiger partial charge in [-0.25, -0.2) is 13.6 Å². The van der Waals surface area contributed by atoms with E-state index in [0.717, 1.165) is 12.1 Å². The van der Waals surface area contributed by atoms with E-state index in [-0.39, 0.29) is 12.0 Å². The SMILES string of the molecule is COC(=O)CCCC[C@H]1CC[C@@H](c2ccc(F)c(F)c2)N1C(=O)O. The lowest BCUT2D eigenvalue weighted by Gasteiger charge is -2.28. The molecule has 2 atom stereocenters. The summed E-state index contributed by atoms with van der Waals surface area (Å²) in [7, 11) is 1.33. The van der Waals surface area contributed by atoms with Crippen LogP contribution in [0, 0.1) is 11.6 Å². The standard InChI is InChI=1S/C17H21F2NO4/c1-24-16(21)5-3-2-4-12-7-9-15(20(12)17(22)23)11-6-8-13(18)14(19)10-11/h6,8,10,12,15H,2-5,7,9H2,1H3,(H,22,23)/t12-,15-/m0/s1. The molecular formula is C17H21F2NO4. The number of carboxylic acid groups (broad SMARTS) is 1. The van der Waals surface area contributed by atoms with Crippen molar-refractivity contribution in [2.75, 3.05) is 7.11 Å². The number of benzene rings is 1. The van der Waals surface area contributed by atoms with Gasteiger partial charge in [-0.15, -0.1) is 0 Å². The number of likely N-dealkylation sites (tertiary alicyclic amines) is 1. The average Bonchev–Trinajstić information content (AvgIpc) is 2.98. The van der Waals surface area contributed by atoms with Gasteiger partial charge in [0.1, 0.15) is 0 Å². The minimum absolute atomic E-state index is 0.182. The van der Waals surface area contributed by atoms with Gasteiger partial charge >= 0.3 is 12.1 Å². The van der Waals surface area contributed by atoms with Crippen molar-refractivity contribution < 1.29 is 28.2 Å². The highest BCUT2D eigenvalue weighted by atomic mass is 19.2. The lowest BCUT2D eigenvalue weighted by molar-refractivity contribution is -0.140. The summed E-state index contributed by atoms with van der Waals surface area (Å²) in [5.41, 5.74) is 0.466. The van der Waals surface area contributed by atoms with E-state index in [2.05, 4.69) is 4.74 Å². The molecule has 1 fully saturated rings. The third-order valence-corrected chi connectivity index (χ3v) is 4.45. The van der Waals surface area contributed by atoms with Crippen LogP contribution in [0.25, 0.3) is 0 Å². The largest absolute Gasteiger partial charge is 0.469 e. The normalized spacial score (nSPS) is 20.2. The molecule has 1 aromatic rings. The molecule has 2 rings (SSSR count). The Hall–Kier alpha value is -2.18. The fraction of sp³-hybridized carbons (Fsp3) is 0.529. The predicted molar refractivity (Wildman–Crippen MR) is 82.5 cm³/mol. The first-order valence-corrected chi connectivity index (χ1v) is 7.97. The van der Waals surface area contributed by atoms with Gasteiger partial charge in [-0.3, -0.25) is 9.69 Å². The molecule has 1 heterocycles. The van der Waals surface area contributed by atoms with Crippen LogP contribution < -0.4 is 0 Å². The maximum Gasteiger partial charge on any atom is 0.408 e. The molecule has 5 nitrogen and oxygen atoms in total. The molecule has 24 heavy (non-hydrogen) atoms. The van der Waals surface area contributed by atoms with Crippen LogP contribution in [0.2, 0.25) is 0 Å². The van der Waals surface area contributed by atoms with Crippen LogP contribution in [0.1, 0.15) is 50.1 Å². The minimum Gasteiger partial charge on any atom is -0.469 e. The van der Waals surface area contributed by atoms with Crippen LogP contribution in [0.3, 0.4) is 0 Å². The third kappa shape index (κ3) is 4.21. The van der Waals surface area contributed by atoms with Gasteiger partial charge in [0.05, 0.1) is 13.2 Å². The van der Waals surface area contributed by atoms with Gasteiger partial charge in [0.15, 0.2) is 11.6 Å². The Balaban J connectivity index is 2.00. The number of ether oxygens (including phenoxy) is 1. The van der Waals surface area contributed by atoms with Crippen molar-refractivity contribution >= 4 is 12.1 Å². The molecule has 0 spiro atoms. The fourth-order valence-corrected chi connectivity index (χ4v) is 3.25. The molecule has 0 aromatic heterocycles. The number of hydrogen-bond acceptors (Lipinski definition) is 3. The number of hydrogen-bond donors (Lipinski definition) is 1. The van der Waals surface area contributed by atoms with Crippen molar-refractivity contribution in [2.24, 2.45) is 0 Å². The lowest BCUT2D eigenvalue weighted by atomic mass is 10.0. The number of amides is 1. The molecule has 1 aliphatic heterocycles. The Bertz CT molecular complexity index is 608. The first kappa shape index (κ1) is 18.2. The molecule has 1 amide bonds. The van der Waals surface area contributed by atoms with E-state index in [0.29, 0.717) is 44.1 Å². The van der Waals surface area contributed by atoms with Gasteiger partial charge in [0, 0.05) is 12.5 Å². The highest BCUT2D eigenvalue weighted by Gasteiger charge is 2.37. The summed E-state index contributed by atoms with van der Waals surface area (Å²) in [5.74, 6) is -2.20. The van der Waals surface area contributed by atoms with Crippen molar-refractivity contribution in [2.45, 2.75) is 50.6 Å². The van der Waals surface area contributed by atoms with Crippen LogP contribution in [-0.2, 0) is 9.53 Å². The molecule has 0 saturated carbocycles. The number of halogens is 2. The van der Waals surface area contributed by atoms with Gasteiger partial charge < -0.3 is 9.84 Å². The molecule has 1 aliphatic rings. The number of carbonyl (C=O) groups is 2. The van der Waals surface area contributed by atoms with Crippen LogP contribution in [0.4, 0.5) is 13.6 Å². The first-order chi connectivity index (χ1) is 11.4. The smallest absolute Gasteiger partial charge is 0.408 e. The Morgan fingerprint density at radius 3 is 2.62 bits per heavy atom. The van der Waals surface area contributed by atoms with E-state index in [1.165, 1.54) is 18.1 Å². The Morgan fingerprint density at radius 1 is 1.25 bits per heavy atom. The number of carbonyl (C=O) groups excluding carboxylic acids is 1. The van der Waals surface area contributed by atoms with Crippen LogP contribution >= 0.6 is 0 Å². The van der Waals surface area contributed by atoms with E-state index in [1.807, 2.05) is 0 Å². The summed E-state index contributed by atoms with van der Waals surface area (Å²) in [4.78, 5) is 24.0. The Kier molecular flexibility index (Phi) is 6.11. The van der Waals surface area contributed by atoms with E-state index >= 15 is 0 Å². The predicted octanol–water partition coefficient (Wildman–Crippen LogP) is 3.88. The molecule has 0 unspecified atom stereocenters. The number of unbranched alkanes of at least 4 members (excludes halogenated alkanes) is 1. The van der Waals surface area contributed by atoms with E-state index in [1.54, 1.807) is 0 Å². The third-order valence-electron chi connectivity index (χ3n) is 4.45. The first-order valence-electron chi connectivity index (χ1n) is 7.97. The summed E-state index contributed by atoms with van der Waals surface area (Å²) >= 11 is 0. The van der Waals surface area contributed by atoms with Crippen LogP contribution in [-0.4, -0.2) is 35.2 Å². The molecule has 7 heteroatoms. The molecule has 1 aromatic carbocycles. The van der Waals surface area contributed by atoms with E-state index < -0.39 is 23.8 Å². The summed E-state index contributed by atoms with van der Waals surface area (Å²) in [6.07, 6.45) is 2.43. The fourth-order valence-electron chi connectivity index (χ4n) is 3.25. The molecule has 0 aliphatic carbocycles. The number of esters is 1. The van der Waals surface area contributed by atoms with Gasteiger partial charge in [0.25, 0.3) is 0 Å². The van der Waals surface area contributed by atoms with Crippen LogP contribution in [0.5, 0.6) is 0 Å². The van der Waals surface area contributed by atoms with Gasteiger partial charge in [-0.2, -0.15) is 0 Å². The van der Waals surface area contributed by atoms with Crippen molar-refractivity contribution in [3.63, 3.8) is 0 Å². The maximum atomic E-state index is 13.4. The average molecular weight is 341 g/mol. The van der Waals surface area contributed by atoms with Crippen molar-refractivity contribution in [1.29, 1.82) is 0 Å². The second-order valence-corrected chi connectivity index (χ2v) is 5.93. The van der Waals surface area contributed by atoms with Crippen molar-refractivity contribution in [1.82, 2.24) is 4.90 Å². The molecule has 0 bridgehead atoms. The minimum atomic E-state index is -1.07. The molecule has 1 saturated heterocycles. The topological polar surface area (TPSA) is 66.8 Å². The van der Waals surface area contributed by atoms with Crippen molar-refractivity contribution in [3.05, 3.63) is 35.4 Å². The van der Waals surface area contributed by atoms with Gasteiger partial charge in [-0.1, -0.05) is 12.5 Å². The molecule has 1 N–H and O–H groups in total. The zero-order valence-corrected chi connectivity index (χ0v) is 13.5. The summed E-state index contributed by atoms with van der Waals surface area (Å²) in [5, 5.41) is 9.51. The maximum absolute atomic E-state index is 13.4. The van der Waals surface area contributed by atoms with Crippen molar-refractivity contribution in [3.8, 4) is 0 Å². The zero-order chi connectivity index (χ0) is 17.7. The van der Waals surface area contributed by atoms with E-state index in [9.17, 15) is 23.5 Å². The summed E-state index contributed by atoms with van der Waals surface area (Å²) in [6, 6.07) is 2.87. The monoisotopic (exact) mass is 341 g/mol. The number of methoxy groups -OCH3 is 1. The van der Waals surface area contributed by atoms with E-state index in [4.69, 9.17) is 0 Å². The van der Waals surface area contributed by atoms with Gasteiger partial charge in [0.2, 0.25) is 0 Å². The molecule has 0 radical (unpaired) electrons. The summed E-state index contributed by atoms with van der Waals surface area (Å²) < 4.78 is 31.1. The lowest BCUT2D eigenvalue weighted by Crippen LogP contribution is -2.36. The number of rotatable bonds is 6. The quantitative estimate of drug-likeness (QED) is 0.630. The van der Waals surface area contributed by atoms with Crippen LogP contribution in [0.15, 0.2) is 18.2 Å². The summed E-state index contributed by atoms with van der Waals surface area (Å²) in [6.45, 7) is 0. The molecule has 132 valence electrons. The highest BCUT2D eigenvalue weighted by molar-refractivity contribution is 5.69. The Morgan fingerprint density at radius 2 is 2.00 bits per heavy atom. The second-order valence-electron chi connectivity index (χ2n) is 5.93. The van der Waals surface area contributed by atoms with Gasteiger partial charge in [-0.05, 0) is 43.4 Å². The Labute approximate surface area is 139 Å².